The lowest BCUT2D eigenvalue weighted by molar-refractivity contribution is -0.129. The maximum atomic E-state index is 13.5. The molecule has 0 spiro atoms. The topological polar surface area (TPSA) is 49.4 Å². The van der Waals surface area contributed by atoms with Crippen molar-refractivity contribution in [2.45, 2.75) is 57.9 Å². The molecule has 0 heterocycles. The van der Waals surface area contributed by atoms with Crippen molar-refractivity contribution in [1.82, 2.24) is 4.90 Å². The van der Waals surface area contributed by atoms with Gasteiger partial charge in [0.25, 0.3) is 0 Å². The lowest BCUT2D eigenvalue weighted by Gasteiger charge is -2.36. The van der Waals surface area contributed by atoms with Gasteiger partial charge in [0.2, 0.25) is 11.8 Å². The summed E-state index contributed by atoms with van der Waals surface area (Å²) in [7, 11) is 0. The van der Waals surface area contributed by atoms with Crippen LogP contribution in [0.3, 0.4) is 0 Å². The minimum atomic E-state index is -0.548. The minimum absolute atomic E-state index is 0.0236. The van der Waals surface area contributed by atoms with E-state index in [0.29, 0.717) is 18.1 Å². The fourth-order valence-corrected chi connectivity index (χ4v) is 4.44. The number of carbonyl (C=O) groups is 2. The Labute approximate surface area is 178 Å². The van der Waals surface area contributed by atoms with Gasteiger partial charge in [-0.15, -0.1) is 0 Å². The van der Waals surface area contributed by atoms with Crippen molar-refractivity contribution in [3.8, 4) is 0 Å². The first-order valence-electron chi connectivity index (χ1n) is 10.4. The summed E-state index contributed by atoms with van der Waals surface area (Å²) in [6.45, 7) is 4.73. The van der Waals surface area contributed by atoms with E-state index < -0.39 is 5.41 Å². The highest BCUT2D eigenvalue weighted by molar-refractivity contribution is 6.30. The molecule has 1 saturated carbocycles. The quantitative estimate of drug-likeness (QED) is 0.676. The lowest BCUT2D eigenvalue weighted by Crippen LogP contribution is -2.42. The second-order valence-electron chi connectivity index (χ2n) is 7.84. The van der Waals surface area contributed by atoms with Crippen LogP contribution in [0.4, 0.5) is 5.69 Å². The number of halogens is 1. The fourth-order valence-electron chi connectivity index (χ4n) is 4.25. The van der Waals surface area contributed by atoms with Gasteiger partial charge in [-0.1, -0.05) is 55.1 Å². The summed E-state index contributed by atoms with van der Waals surface area (Å²) in [5.74, 6) is 0.0691. The summed E-state index contributed by atoms with van der Waals surface area (Å²) in [4.78, 5) is 27.0. The summed E-state index contributed by atoms with van der Waals surface area (Å²) < 4.78 is 0. The Kier molecular flexibility index (Phi) is 6.96. The number of rotatable bonds is 6. The standard InChI is InChI=1S/C24H29ClN2O2/c1-3-27(18(2)28)17-19-9-7-12-22(15-19)26-23(29)24(13-5-4-6-14-24)20-10-8-11-21(25)16-20/h7-12,15-16H,3-6,13-14,17H2,1-2H3,(H,26,29). The third kappa shape index (κ3) is 4.99. The third-order valence-corrected chi connectivity index (χ3v) is 6.14. The van der Waals surface area contributed by atoms with Crippen molar-refractivity contribution in [2.75, 3.05) is 11.9 Å². The summed E-state index contributed by atoms with van der Waals surface area (Å²) in [5.41, 5.74) is 2.21. The second-order valence-corrected chi connectivity index (χ2v) is 8.28. The highest BCUT2D eigenvalue weighted by Crippen LogP contribution is 2.41. The van der Waals surface area contributed by atoms with Gasteiger partial charge >= 0.3 is 0 Å². The van der Waals surface area contributed by atoms with Crippen molar-refractivity contribution in [3.05, 3.63) is 64.7 Å². The molecule has 0 aromatic heterocycles. The number of hydrogen-bond donors (Lipinski definition) is 1. The Morgan fingerprint density at radius 1 is 1.07 bits per heavy atom. The van der Waals surface area contributed by atoms with E-state index in [1.807, 2.05) is 55.5 Å². The zero-order valence-electron chi connectivity index (χ0n) is 17.2. The van der Waals surface area contributed by atoms with Crippen molar-refractivity contribution in [3.63, 3.8) is 0 Å². The molecule has 0 radical (unpaired) electrons. The molecule has 2 amide bonds. The predicted molar refractivity (Wildman–Crippen MR) is 118 cm³/mol. The first-order chi connectivity index (χ1) is 13.9. The van der Waals surface area contributed by atoms with Gasteiger partial charge in [0.05, 0.1) is 5.41 Å². The van der Waals surface area contributed by atoms with Crippen LogP contribution < -0.4 is 5.32 Å². The Morgan fingerprint density at radius 3 is 2.45 bits per heavy atom. The van der Waals surface area contributed by atoms with E-state index in [2.05, 4.69) is 5.32 Å². The van der Waals surface area contributed by atoms with Crippen molar-refractivity contribution < 1.29 is 9.59 Å². The van der Waals surface area contributed by atoms with Crippen LogP contribution in [0.25, 0.3) is 0 Å². The van der Waals surface area contributed by atoms with Gasteiger partial charge in [-0.25, -0.2) is 0 Å². The molecule has 1 fully saturated rings. The van der Waals surface area contributed by atoms with E-state index in [1.165, 1.54) is 0 Å². The minimum Gasteiger partial charge on any atom is -0.339 e. The molecule has 1 aliphatic carbocycles. The molecule has 2 aromatic rings. The SMILES string of the molecule is CCN(Cc1cccc(NC(=O)C2(c3cccc(Cl)c3)CCCCC2)c1)C(C)=O. The fraction of sp³-hybridized carbons (Fsp3) is 0.417. The Bertz CT molecular complexity index is 875. The van der Waals surface area contributed by atoms with E-state index in [4.69, 9.17) is 11.6 Å². The van der Waals surface area contributed by atoms with Gasteiger partial charge in [-0.3, -0.25) is 9.59 Å². The molecule has 1 N–H and O–H groups in total. The Hall–Kier alpha value is -2.33. The summed E-state index contributed by atoms with van der Waals surface area (Å²) in [6, 6.07) is 15.5. The molecule has 154 valence electrons. The number of nitrogens with one attached hydrogen (secondary N) is 1. The van der Waals surface area contributed by atoms with Crippen molar-refractivity contribution in [2.24, 2.45) is 0 Å². The van der Waals surface area contributed by atoms with Crippen molar-refractivity contribution in [1.29, 1.82) is 0 Å². The van der Waals surface area contributed by atoms with Crippen LogP contribution in [0.1, 0.15) is 57.1 Å². The molecule has 3 rings (SSSR count). The van der Waals surface area contributed by atoms with Crippen LogP contribution in [0.5, 0.6) is 0 Å². The van der Waals surface area contributed by atoms with Crippen LogP contribution in [0.15, 0.2) is 48.5 Å². The van der Waals surface area contributed by atoms with Gasteiger partial charge in [-0.05, 0) is 55.2 Å². The molecule has 0 unspecified atom stereocenters. The zero-order valence-corrected chi connectivity index (χ0v) is 18.0. The number of nitrogens with zero attached hydrogens (tertiary/aromatic N) is 1. The van der Waals surface area contributed by atoms with Gasteiger partial charge in [0.1, 0.15) is 0 Å². The third-order valence-electron chi connectivity index (χ3n) is 5.90. The van der Waals surface area contributed by atoms with Crippen LogP contribution in [0.2, 0.25) is 5.02 Å². The molecule has 0 atom stereocenters. The van der Waals surface area contributed by atoms with E-state index in [1.54, 1.807) is 11.8 Å². The summed E-state index contributed by atoms with van der Waals surface area (Å²) in [5, 5.41) is 3.80. The van der Waals surface area contributed by atoms with Crippen LogP contribution >= 0.6 is 11.6 Å². The van der Waals surface area contributed by atoms with Gasteiger partial charge < -0.3 is 10.2 Å². The first-order valence-corrected chi connectivity index (χ1v) is 10.7. The zero-order chi connectivity index (χ0) is 20.9. The number of benzene rings is 2. The second kappa shape index (κ2) is 9.45. The predicted octanol–water partition coefficient (Wildman–Crippen LogP) is 5.55. The molecule has 0 bridgehead atoms. The van der Waals surface area contributed by atoms with Crippen LogP contribution in [-0.2, 0) is 21.5 Å². The lowest BCUT2D eigenvalue weighted by atomic mass is 9.68. The van der Waals surface area contributed by atoms with E-state index in [-0.39, 0.29) is 11.8 Å². The molecule has 4 nitrogen and oxygen atoms in total. The molecule has 0 saturated heterocycles. The largest absolute Gasteiger partial charge is 0.339 e. The van der Waals surface area contributed by atoms with E-state index in [0.717, 1.165) is 48.9 Å². The highest BCUT2D eigenvalue weighted by atomic mass is 35.5. The molecule has 29 heavy (non-hydrogen) atoms. The first kappa shape index (κ1) is 21.4. The van der Waals surface area contributed by atoms with Gasteiger partial charge in [-0.2, -0.15) is 0 Å². The summed E-state index contributed by atoms with van der Waals surface area (Å²) >= 11 is 6.24. The highest BCUT2D eigenvalue weighted by Gasteiger charge is 2.41. The molecular weight excluding hydrogens is 384 g/mol. The Morgan fingerprint density at radius 2 is 1.79 bits per heavy atom. The van der Waals surface area contributed by atoms with Crippen molar-refractivity contribution >= 4 is 29.1 Å². The maximum absolute atomic E-state index is 13.5. The molecule has 0 aliphatic heterocycles. The van der Waals surface area contributed by atoms with Crippen LogP contribution in [0, 0.1) is 0 Å². The maximum Gasteiger partial charge on any atom is 0.235 e. The van der Waals surface area contributed by atoms with E-state index in [9.17, 15) is 9.59 Å². The number of hydrogen-bond acceptors (Lipinski definition) is 2. The van der Waals surface area contributed by atoms with Gasteiger partial charge in [0.15, 0.2) is 0 Å². The van der Waals surface area contributed by atoms with E-state index >= 15 is 0 Å². The van der Waals surface area contributed by atoms with Gasteiger partial charge in [0, 0.05) is 30.7 Å². The smallest absolute Gasteiger partial charge is 0.235 e. The average Bonchev–Trinajstić information content (AvgIpc) is 2.72. The molecule has 5 heteroatoms. The molecular formula is C24H29ClN2O2. The monoisotopic (exact) mass is 412 g/mol. The number of carbonyl (C=O) groups excluding carboxylic acids is 2. The average molecular weight is 413 g/mol. The summed E-state index contributed by atoms with van der Waals surface area (Å²) in [6.07, 6.45) is 4.87. The normalized spacial score (nSPS) is 15.6. The molecule has 1 aliphatic rings. The Balaban J connectivity index is 1.83. The number of amides is 2. The number of anilines is 1. The van der Waals surface area contributed by atoms with Crippen LogP contribution in [-0.4, -0.2) is 23.3 Å². The molecule has 2 aromatic carbocycles.